The highest BCUT2D eigenvalue weighted by Gasteiger charge is 2.25. The molecule has 3 atom stereocenters. The van der Waals surface area contributed by atoms with Gasteiger partial charge in [-0.05, 0) is 19.3 Å². The lowest BCUT2D eigenvalue weighted by Crippen LogP contribution is -2.36. The molecule has 0 amide bonds. The van der Waals surface area contributed by atoms with Crippen LogP contribution in [0.3, 0.4) is 0 Å². The van der Waals surface area contributed by atoms with Crippen molar-refractivity contribution >= 4 is 19.8 Å². The molecule has 3 unspecified atom stereocenters. The SMILES string of the molecule is [B]C1CCC(OC(=O)C(N)CCCC(=O)O)CC1=C. The first-order valence-electron chi connectivity index (χ1n) is 6.51. The van der Waals surface area contributed by atoms with Gasteiger partial charge in [0.05, 0.1) is 7.85 Å². The molecule has 3 N–H and O–H groups in total. The van der Waals surface area contributed by atoms with Crippen LogP contribution in [0.5, 0.6) is 0 Å². The van der Waals surface area contributed by atoms with Gasteiger partial charge in [-0.25, -0.2) is 0 Å². The van der Waals surface area contributed by atoms with Crippen LogP contribution in [0.1, 0.15) is 38.5 Å². The molecule has 1 rings (SSSR count). The third-order valence-electron chi connectivity index (χ3n) is 3.31. The van der Waals surface area contributed by atoms with Crippen molar-refractivity contribution in [1.82, 2.24) is 0 Å². The normalized spacial score (nSPS) is 24.8. The van der Waals surface area contributed by atoms with Crippen LogP contribution in [0.15, 0.2) is 12.2 Å². The lowest BCUT2D eigenvalue weighted by molar-refractivity contribution is -0.151. The number of aliphatic carboxylic acids is 1. The summed E-state index contributed by atoms with van der Waals surface area (Å²) in [5.74, 6) is -1.38. The molecule has 1 aliphatic carbocycles. The average molecular weight is 265 g/mol. The Kier molecular flexibility index (Phi) is 6.08. The summed E-state index contributed by atoms with van der Waals surface area (Å²) in [6, 6.07) is -0.761. The predicted molar refractivity (Wildman–Crippen MR) is 71.8 cm³/mol. The lowest BCUT2D eigenvalue weighted by atomic mass is 9.72. The smallest absolute Gasteiger partial charge is 0.323 e. The minimum atomic E-state index is -0.891. The summed E-state index contributed by atoms with van der Waals surface area (Å²) in [6.45, 7) is 3.85. The summed E-state index contributed by atoms with van der Waals surface area (Å²) >= 11 is 0. The maximum atomic E-state index is 11.7. The fourth-order valence-corrected chi connectivity index (χ4v) is 2.06. The van der Waals surface area contributed by atoms with Crippen molar-refractivity contribution in [2.24, 2.45) is 5.73 Å². The number of esters is 1. The van der Waals surface area contributed by atoms with Crippen molar-refractivity contribution in [3.8, 4) is 0 Å². The van der Waals surface area contributed by atoms with Crippen LogP contribution in [-0.4, -0.2) is 37.0 Å². The molecule has 0 aliphatic heterocycles. The third-order valence-corrected chi connectivity index (χ3v) is 3.31. The van der Waals surface area contributed by atoms with Crippen LogP contribution in [0.25, 0.3) is 0 Å². The van der Waals surface area contributed by atoms with Gasteiger partial charge in [0.25, 0.3) is 0 Å². The van der Waals surface area contributed by atoms with Crippen molar-refractivity contribution in [3.63, 3.8) is 0 Å². The quantitative estimate of drug-likeness (QED) is 0.427. The fraction of sp³-hybridized carbons (Fsp3) is 0.692. The molecule has 19 heavy (non-hydrogen) atoms. The zero-order chi connectivity index (χ0) is 14.4. The molecule has 0 aromatic rings. The minimum absolute atomic E-state index is 0.00999. The van der Waals surface area contributed by atoms with Crippen LogP contribution in [0.4, 0.5) is 0 Å². The fourth-order valence-electron chi connectivity index (χ4n) is 2.06. The number of hydrogen-bond donors (Lipinski definition) is 2. The van der Waals surface area contributed by atoms with Crippen LogP contribution < -0.4 is 5.73 Å². The van der Waals surface area contributed by atoms with Gasteiger partial charge in [0.1, 0.15) is 12.1 Å². The van der Waals surface area contributed by atoms with Gasteiger partial charge >= 0.3 is 11.9 Å². The van der Waals surface area contributed by atoms with E-state index in [4.69, 9.17) is 23.4 Å². The zero-order valence-electron chi connectivity index (χ0n) is 11.0. The Balaban J connectivity index is 2.29. The number of carboxylic acid groups (broad SMARTS) is 1. The summed E-state index contributed by atoms with van der Waals surface area (Å²) in [7, 11) is 5.80. The number of hydrogen-bond acceptors (Lipinski definition) is 4. The van der Waals surface area contributed by atoms with E-state index in [1.807, 2.05) is 0 Å². The first kappa shape index (κ1) is 15.8. The number of nitrogens with two attached hydrogens (primary N) is 1. The average Bonchev–Trinajstić information content (AvgIpc) is 2.33. The molecule has 0 aromatic heterocycles. The Morgan fingerprint density at radius 2 is 2.21 bits per heavy atom. The number of carbonyl (C=O) groups excluding carboxylic acids is 1. The Bertz CT molecular complexity index is 359. The highest BCUT2D eigenvalue weighted by Crippen LogP contribution is 2.32. The van der Waals surface area contributed by atoms with E-state index in [1.165, 1.54) is 0 Å². The van der Waals surface area contributed by atoms with E-state index in [9.17, 15) is 9.59 Å². The first-order chi connectivity index (χ1) is 8.90. The first-order valence-corrected chi connectivity index (χ1v) is 6.51. The molecule has 0 bridgehead atoms. The zero-order valence-corrected chi connectivity index (χ0v) is 11.0. The molecule has 104 valence electrons. The van der Waals surface area contributed by atoms with Crippen molar-refractivity contribution < 1.29 is 19.4 Å². The second kappa shape index (κ2) is 7.33. The van der Waals surface area contributed by atoms with Gasteiger partial charge in [0, 0.05) is 12.8 Å². The largest absolute Gasteiger partial charge is 0.481 e. The maximum absolute atomic E-state index is 11.7. The van der Waals surface area contributed by atoms with Gasteiger partial charge in [-0.2, -0.15) is 0 Å². The lowest BCUT2D eigenvalue weighted by Gasteiger charge is -2.29. The summed E-state index contributed by atoms with van der Waals surface area (Å²) in [6.07, 6.45) is 2.54. The van der Waals surface area contributed by atoms with Gasteiger partial charge < -0.3 is 15.6 Å². The second-order valence-corrected chi connectivity index (χ2v) is 5.00. The molecular weight excluding hydrogens is 245 g/mol. The minimum Gasteiger partial charge on any atom is -0.481 e. The number of carboxylic acids is 1. The van der Waals surface area contributed by atoms with Crippen LogP contribution in [-0.2, 0) is 14.3 Å². The third kappa shape index (κ3) is 5.47. The molecule has 1 aliphatic rings. The van der Waals surface area contributed by atoms with E-state index in [0.29, 0.717) is 25.7 Å². The van der Waals surface area contributed by atoms with E-state index < -0.39 is 18.0 Å². The monoisotopic (exact) mass is 265 g/mol. The summed E-state index contributed by atoms with van der Waals surface area (Å²) in [5, 5.41) is 8.50. The summed E-state index contributed by atoms with van der Waals surface area (Å²) < 4.78 is 5.30. The standard InChI is InChI=1S/C13H20BNO4/c1-8-7-9(5-6-10(8)14)19-13(18)11(15)3-2-4-12(16)17/h9-11H,1-7,15H2,(H,16,17). The highest BCUT2D eigenvalue weighted by atomic mass is 16.5. The van der Waals surface area contributed by atoms with Crippen LogP contribution in [0.2, 0.25) is 5.82 Å². The molecule has 0 saturated heterocycles. The molecule has 6 heteroatoms. The molecule has 1 saturated carbocycles. The van der Waals surface area contributed by atoms with Gasteiger partial charge in [0.15, 0.2) is 0 Å². The van der Waals surface area contributed by atoms with Gasteiger partial charge in [-0.15, -0.1) is 6.58 Å². The summed E-state index contributed by atoms with van der Waals surface area (Å²) in [5.41, 5.74) is 6.56. The molecule has 0 heterocycles. The van der Waals surface area contributed by atoms with Crippen molar-refractivity contribution in [3.05, 3.63) is 12.2 Å². The van der Waals surface area contributed by atoms with E-state index >= 15 is 0 Å². The Morgan fingerprint density at radius 1 is 1.53 bits per heavy atom. The van der Waals surface area contributed by atoms with E-state index in [2.05, 4.69) is 6.58 Å². The van der Waals surface area contributed by atoms with Crippen LogP contribution in [0, 0.1) is 0 Å². The van der Waals surface area contributed by atoms with E-state index in [-0.39, 0.29) is 18.3 Å². The highest BCUT2D eigenvalue weighted by molar-refractivity contribution is 6.13. The molecule has 0 spiro atoms. The van der Waals surface area contributed by atoms with Crippen molar-refractivity contribution in [1.29, 1.82) is 0 Å². The molecule has 5 nitrogen and oxygen atoms in total. The van der Waals surface area contributed by atoms with Gasteiger partial charge in [-0.3, -0.25) is 9.59 Å². The Morgan fingerprint density at radius 3 is 2.79 bits per heavy atom. The van der Waals surface area contributed by atoms with Crippen molar-refractivity contribution in [2.75, 3.05) is 0 Å². The van der Waals surface area contributed by atoms with Crippen LogP contribution >= 0.6 is 0 Å². The molecular formula is C13H20BNO4. The Labute approximate surface area is 114 Å². The number of carbonyl (C=O) groups is 2. The van der Waals surface area contributed by atoms with Crippen molar-refractivity contribution in [2.45, 2.75) is 56.5 Å². The molecule has 0 aromatic carbocycles. The number of rotatable bonds is 6. The number of ether oxygens (including phenoxy) is 1. The van der Waals surface area contributed by atoms with Gasteiger partial charge in [-0.1, -0.05) is 17.8 Å². The Hall–Kier alpha value is -1.30. The maximum Gasteiger partial charge on any atom is 0.323 e. The second-order valence-electron chi connectivity index (χ2n) is 5.00. The topological polar surface area (TPSA) is 89.6 Å². The summed E-state index contributed by atoms with van der Waals surface area (Å²) in [4.78, 5) is 22.1. The van der Waals surface area contributed by atoms with E-state index in [1.54, 1.807) is 0 Å². The van der Waals surface area contributed by atoms with E-state index in [0.717, 1.165) is 12.0 Å². The molecule has 2 radical (unpaired) electrons. The predicted octanol–water partition coefficient (Wildman–Crippen LogP) is 1.18. The molecule has 1 fully saturated rings. The van der Waals surface area contributed by atoms with Gasteiger partial charge in [0.2, 0.25) is 0 Å².